The van der Waals surface area contributed by atoms with Crippen molar-refractivity contribution in [2.75, 3.05) is 13.2 Å². The highest BCUT2D eigenvalue weighted by Gasteiger charge is 1.89. The Bertz CT molecular complexity index is 93.0. The number of rotatable bonds is 4. The van der Waals surface area contributed by atoms with E-state index < -0.39 is 0 Å². The van der Waals surface area contributed by atoms with Crippen LogP contribution in [0.1, 0.15) is 13.3 Å². The molecular formula is C5H12N2O2. The second kappa shape index (κ2) is 5.37. The van der Waals surface area contributed by atoms with Gasteiger partial charge in [-0.25, -0.2) is 0 Å². The smallest absolute Gasteiger partial charge is 0.165 e. The molecule has 4 nitrogen and oxygen atoms in total. The first kappa shape index (κ1) is 8.23. The Morgan fingerprint density at radius 1 is 1.78 bits per heavy atom. The summed E-state index contributed by atoms with van der Waals surface area (Å²) < 4.78 is 4.92. The monoisotopic (exact) mass is 132 g/mol. The van der Waals surface area contributed by atoms with E-state index in [-0.39, 0.29) is 12.4 Å². The molecule has 3 N–H and O–H groups in total. The van der Waals surface area contributed by atoms with Gasteiger partial charge in [0.2, 0.25) is 0 Å². The molecule has 0 aromatic rings. The molecule has 0 aromatic heterocycles. The lowest BCUT2D eigenvalue weighted by Gasteiger charge is -1.97. The molecule has 0 bridgehead atoms. The molecule has 0 aromatic carbocycles. The molecule has 0 aliphatic carbocycles. The van der Waals surface area contributed by atoms with Gasteiger partial charge in [0.15, 0.2) is 5.84 Å². The Balaban J connectivity index is 3.07. The number of nitrogens with zero attached hydrogens (tertiary/aromatic N) is 1. The highest BCUT2D eigenvalue weighted by Crippen LogP contribution is 1.78. The van der Waals surface area contributed by atoms with E-state index in [1.165, 1.54) is 0 Å². The molecule has 4 heteroatoms. The normalized spacial score (nSPS) is 11.9. The average Bonchev–Trinajstić information content (AvgIpc) is 1.89. The molecule has 0 aliphatic rings. The third-order valence-electron chi connectivity index (χ3n) is 0.727. The largest absolute Gasteiger partial charge is 0.409 e. The van der Waals surface area contributed by atoms with Crippen LogP contribution in [-0.4, -0.2) is 24.3 Å². The van der Waals surface area contributed by atoms with Crippen LogP contribution in [0.4, 0.5) is 0 Å². The zero-order valence-electron chi connectivity index (χ0n) is 5.50. The molecule has 0 saturated heterocycles. The molecular weight excluding hydrogens is 120 g/mol. The van der Waals surface area contributed by atoms with Gasteiger partial charge in [-0.1, -0.05) is 12.1 Å². The molecule has 54 valence electrons. The minimum absolute atomic E-state index is 0.114. The predicted octanol–water partition coefficient (Wildman–Crippen LogP) is 0.159. The first-order valence-corrected chi connectivity index (χ1v) is 2.85. The molecule has 0 rings (SSSR count). The van der Waals surface area contributed by atoms with Crippen molar-refractivity contribution in [1.82, 2.24) is 0 Å². The highest BCUT2D eigenvalue weighted by atomic mass is 16.5. The van der Waals surface area contributed by atoms with Crippen molar-refractivity contribution in [2.24, 2.45) is 10.9 Å². The molecule has 0 radical (unpaired) electrons. The van der Waals surface area contributed by atoms with E-state index >= 15 is 0 Å². The molecule has 0 amide bonds. The van der Waals surface area contributed by atoms with Crippen LogP contribution >= 0.6 is 0 Å². The van der Waals surface area contributed by atoms with Gasteiger partial charge in [-0.2, -0.15) is 0 Å². The second-order valence-electron chi connectivity index (χ2n) is 1.64. The van der Waals surface area contributed by atoms with Gasteiger partial charge in [0, 0.05) is 6.61 Å². The van der Waals surface area contributed by atoms with Crippen LogP contribution in [0, 0.1) is 0 Å². The first-order chi connectivity index (χ1) is 4.31. The van der Waals surface area contributed by atoms with Gasteiger partial charge in [0.25, 0.3) is 0 Å². The number of ether oxygens (including phenoxy) is 1. The van der Waals surface area contributed by atoms with Gasteiger partial charge in [-0.15, -0.1) is 0 Å². The highest BCUT2D eigenvalue weighted by molar-refractivity contribution is 5.80. The fourth-order valence-electron chi connectivity index (χ4n) is 0.350. The van der Waals surface area contributed by atoms with Crippen molar-refractivity contribution >= 4 is 5.84 Å². The third-order valence-corrected chi connectivity index (χ3v) is 0.727. The Morgan fingerprint density at radius 3 is 2.89 bits per heavy atom. The Hall–Kier alpha value is -0.770. The molecule has 0 spiro atoms. The zero-order chi connectivity index (χ0) is 7.11. The van der Waals surface area contributed by atoms with Crippen molar-refractivity contribution in [2.45, 2.75) is 13.3 Å². The van der Waals surface area contributed by atoms with Crippen molar-refractivity contribution in [1.29, 1.82) is 0 Å². The van der Waals surface area contributed by atoms with Gasteiger partial charge < -0.3 is 15.7 Å². The minimum atomic E-state index is 0.114. The predicted molar refractivity (Wildman–Crippen MR) is 34.5 cm³/mol. The van der Waals surface area contributed by atoms with Crippen LogP contribution in [0.15, 0.2) is 5.16 Å². The van der Waals surface area contributed by atoms with Crippen LogP contribution in [-0.2, 0) is 4.74 Å². The van der Waals surface area contributed by atoms with E-state index in [9.17, 15) is 0 Å². The summed E-state index contributed by atoms with van der Waals surface area (Å²) in [4.78, 5) is 0. The standard InChI is InChI=1S/C5H12N2O2/c1-2-3-9-4-5(6)7-8/h8H,2-4H2,1H3,(H2,6,7). The third kappa shape index (κ3) is 5.10. The molecule has 0 heterocycles. The number of hydrogen-bond acceptors (Lipinski definition) is 3. The van der Waals surface area contributed by atoms with Gasteiger partial charge in [0.05, 0.1) is 0 Å². The van der Waals surface area contributed by atoms with Gasteiger partial charge in [-0.05, 0) is 6.42 Å². The zero-order valence-corrected chi connectivity index (χ0v) is 5.50. The van der Waals surface area contributed by atoms with Gasteiger partial charge in [0.1, 0.15) is 6.61 Å². The van der Waals surface area contributed by atoms with E-state index in [2.05, 4.69) is 5.16 Å². The summed E-state index contributed by atoms with van der Waals surface area (Å²) in [7, 11) is 0. The fourth-order valence-corrected chi connectivity index (χ4v) is 0.350. The lowest BCUT2D eigenvalue weighted by Crippen LogP contribution is -2.18. The molecule has 0 saturated carbocycles. The van der Waals surface area contributed by atoms with Crippen LogP contribution in [0.25, 0.3) is 0 Å². The molecule has 9 heavy (non-hydrogen) atoms. The quantitative estimate of drug-likeness (QED) is 0.188. The topological polar surface area (TPSA) is 67.8 Å². The summed E-state index contributed by atoms with van der Waals surface area (Å²) in [6.07, 6.45) is 0.943. The van der Waals surface area contributed by atoms with Crippen molar-refractivity contribution in [3.05, 3.63) is 0 Å². The van der Waals surface area contributed by atoms with E-state index in [0.717, 1.165) is 6.42 Å². The number of hydrogen-bond donors (Lipinski definition) is 2. The summed E-state index contributed by atoms with van der Waals surface area (Å²) in [5.41, 5.74) is 5.09. The summed E-state index contributed by atoms with van der Waals surface area (Å²) in [5.74, 6) is 0.114. The van der Waals surface area contributed by atoms with Gasteiger partial charge >= 0.3 is 0 Å². The Labute approximate surface area is 54.3 Å². The second-order valence-corrected chi connectivity index (χ2v) is 1.64. The van der Waals surface area contributed by atoms with E-state index in [1.54, 1.807) is 0 Å². The Kier molecular flexibility index (Phi) is 4.91. The number of nitrogens with two attached hydrogens (primary N) is 1. The molecule has 0 atom stereocenters. The van der Waals surface area contributed by atoms with Crippen molar-refractivity contribution < 1.29 is 9.94 Å². The molecule has 0 aliphatic heterocycles. The molecule has 0 unspecified atom stereocenters. The van der Waals surface area contributed by atoms with Crippen LogP contribution in [0.3, 0.4) is 0 Å². The van der Waals surface area contributed by atoms with Crippen LogP contribution in [0.2, 0.25) is 0 Å². The van der Waals surface area contributed by atoms with Gasteiger partial charge in [-0.3, -0.25) is 0 Å². The summed E-state index contributed by atoms with van der Waals surface area (Å²) in [6, 6.07) is 0. The molecule has 0 fully saturated rings. The fraction of sp³-hybridized carbons (Fsp3) is 0.800. The van der Waals surface area contributed by atoms with Crippen molar-refractivity contribution in [3.63, 3.8) is 0 Å². The maximum absolute atomic E-state index is 8.02. The van der Waals surface area contributed by atoms with Crippen molar-refractivity contribution in [3.8, 4) is 0 Å². The summed E-state index contributed by atoms with van der Waals surface area (Å²) >= 11 is 0. The lowest BCUT2D eigenvalue weighted by molar-refractivity contribution is 0.168. The Morgan fingerprint density at radius 2 is 2.44 bits per heavy atom. The van der Waals surface area contributed by atoms with E-state index in [0.29, 0.717) is 6.61 Å². The number of oxime groups is 1. The maximum atomic E-state index is 8.02. The van der Waals surface area contributed by atoms with E-state index in [4.69, 9.17) is 15.7 Å². The maximum Gasteiger partial charge on any atom is 0.165 e. The summed E-state index contributed by atoms with van der Waals surface area (Å²) in [6.45, 7) is 2.85. The average molecular weight is 132 g/mol. The SMILES string of the molecule is CCCOC/C(N)=N\O. The summed E-state index contributed by atoms with van der Waals surface area (Å²) in [5, 5.41) is 10.7. The van der Waals surface area contributed by atoms with Crippen LogP contribution < -0.4 is 5.73 Å². The first-order valence-electron chi connectivity index (χ1n) is 2.85. The van der Waals surface area contributed by atoms with E-state index in [1.807, 2.05) is 6.92 Å². The lowest BCUT2D eigenvalue weighted by atomic mass is 10.5. The minimum Gasteiger partial charge on any atom is -0.409 e. The van der Waals surface area contributed by atoms with Crippen LogP contribution in [0.5, 0.6) is 0 Å². The number of amidine groups is 1.